The molecule has 1 aromatic heterocycles. The third-order valence-corrected chi connectivity index (χ3v) is 4.47. The van der Waals surface area contributed by atoms with Crippen molar-refractivity contribution in [3.05, 3.63) is 83.7 Å². The van der Waals surface area contributed by atoms with Gasteiger partial charge in [0, 0.05) is 13.2 Å². The van der Waals surface area contributed by atoms with Crippen LogP contribution < -0.4 is 9.75 Å². The molecule has 0 radical (unpaired) electrons. The second-order valence-corrected chi connectivity index (χ2v) is 6.50. The Kier molecular flexibility index (Phi) is 4.78. The molecule has 0 fully saturated rings. The van der Waals surface area contributed by atoms with Crippen molar-refractivity contribution < 1.29 is 14.3 Å². The van der Waals surface area contributed by atoms with Gasteiger partial charge in [0.1, 0.15) is 11.4 Å². The minimum absolute atomic E-state index is 0.203. The van der Waals surface area contributed by atoms with E-state index >= 15 is 0 Å². The first-order valence-electron chi connectivity index (χ1n) is 9.00. The smallest absolute Gasteiger partial charge is 0.361 e. The zero-order valence-electron chi connectivity index (χ0n) is 15.9. The fraction of sp³-hybridized carbons (Fsp3) is 0.0909. The molecule has 0 unspecified atom stereocenters. The minimum atomic E-state index is -0.500. The number of carbonyl (C=O) groups excluding carboxylic acids is 2. The Morgan fingerprint density at radius 3 is 2.59 bits per heavy atom. The zero-order valence-corrected chi connectivity index (χ0v) is 15.9. The van der Waals surface area contributed by atoms with Gasteiger partial charge in [0.05, 0.1) is 17.0 Å². The van der Waals surface area contributed by atoms with Crippen molar-refractivity contribution in [1.82, 2.24) is 9.78 Å². The number of nitrogens with zero attached hydrogens (tertiary/aromatic N) is 4. The largest absolute Gasteiger partial charge is 0.422 e. The number of rotatable bonds is 4. The number of aryl methyl sites for hydroxylation is 1. The van der Waals surface area contributed by atoms with Gasteiger partial charge in [-0.15, -0.1) is 0 Å². The van der Waals surface area contributed by atoms with E-state index in [9.17, 15) is 9.59 Å². The van der Waals surface area contributed by atoms with Gasteiger partial charge < -0.3 is 4.74 Å². The molecule has 29 heavy (non-hydrogen) atoms. The summed E-state index contributed by atoms with van der Waals surface area (Å²) in [4.78, 5) is 25.1. The predicted octanol–water partition coefficient (Wildman–Crippen LogP) is 3.45. The van der Waals surface area contributed by atoms with E-state index in [1.165, 1.54) is 15.9 Å². The molecule has 7 heteroatoms. The average molecular weight is 386 g/mol. The number of anilines is 1. The van der Waals surface area contributed by atoms with Crippen LogP contribution in [0.15, 0.2) is 77.5 Å². The van der Waals surface area contributed by atoms with Crippen LogP contribution in [0.25, 0.3) is 6.08 Å². The predicted molar refractivity (Wildman–Crippen MR) is 110 cm³/mol. The Morgan fingerprint density at radius 1 is 1.07 bits per heavy atom. The molecular weight excluding hydrogens is 368 g/mol. The number of aromatic nitrogens is 2. The van der Waals surface area contributed by atoms with Crippen LogP contribution in [0, 0.1) is 0 Å². The lowest BCUT2D eigenvalue weighted by molar-refractivity contribution is -0.114. The molecule has 0 saturated carbocycles. The second-order valence-electron chi connectivity index (χ2n) is 6.50. The van der Waals surface area contributed by atoms with Crippen LogP contribution in [0.5, 0.6) is 5.75 Å². The van der Waals surface area contributed by atoms with Crippen molar-refractivity contribution in [3.8, 4) is 5.75 Å². The highest BCUT2D eigenvalue weighted by Gasteiger charge is 2.28. The first kappa shape index (κ1) is 18.4. The summed E-state index contributed by atoms with van der Waals surface area (Å²) in [6.45, 7) is 1.79. The molecule has 2 aromatic carbocycles. The summed E-state index contributed by atoms with van der Waals surface area (Å²) in [7, 11) is 1.67. The Labute approximate surface area is 167 Å². The Balaban J connectivity index is 1.57. The first-order valence-corrected chi connectivity index (χ1v) is 9.00. The molecule has 1 aliphatic heterocycles. The molecule has 0 spiro atoms. The Hall–Kier alpha value is -4.00. The van der Waals surface area contributed by atoms with Crippen molar-refractivity contribution >= 4 is 29.4 Å². The van der Waals surface area contributed by atoms with E-state index in [4.69, 9.17) is 4.74 Å². The summed E-state index contributed by atoms with van der Waals surface area (Å²) in [5.41, 5.74) is 2.90. The highest BCUT2D eigenvalue weighted by Crippen LogP contribution is 2.25. The fourth-order valence-electron chi connectivity index (χ4n) is 3.00. The lowest BCUT2D eigenvalue weighted by Gasteiger charge is -2.11. The van der Waals surface area contributed by atoms with Gasteiger partial charge in [0.2, 0.25) is 0 Å². The van der Waals surface area contributed by atoms with E-state index in [-0.39, 0.29) is 5.91 Å². The van der Waals surface area contributed by atoms with Crippen molar-refractivity contribution in [2.45, 2.75) is 6.92 Å². The van der Waals surface area contributed by atoms with Crippen LogP contribution >= 0.6 is 0 Å². The molecule has 4 rings (SSSR count). The van der Waals surface area contributed by atoms with Gasteiger partial charge >= 0.3 is 5.97 Å². The van der Waals surface area contributed by atoms with E-state index in [2.05, 4.69) is 10.2 Å². The topological polar surface area (TPSA) is 76.8 Å². The van der Waals surface area contributed by atoms with E-state index in [0.717, 1.165) is 5.56 Å². The molecule has 0 atom stereocenters. The second kappa shape index (κ2) is 7.55. The van der Waals surface area contributed by atoms with Gasteiger partial charge in [-0.25, -0.2) is 4.79 Å². The summed E-state index contributed by atoms with van der Waals surface area (Å²) in [6.07, 6.45) is 3.27. The van der Waals surface area contributed by atoms with E-state index < -0.39 is 5.97 Å². The summed E-state index contributed by atoms with van der Waals surface area (Å²) in [5.74, 6) is -0.323. The molecule has 0 aliphatic carbocycles. The summed E-state index contributed by atoms with van der Waals surface area (Å²) >= 11 is 0. The van der Waals surface area contributed by atoms with Crippen LogP contribution in [0.2, 0.25) is 0 Å². The molecular formula is C22H18N4O3. The Morgan fingerprint density at radius 2 is 1.86 bits per heavy atom. The number of carbonyl (C=O) groups is 2. The monoisotopic (exact) mass is 386 g/mol. The maximum atomic E-state index is 12.8. The number of hydrazone groups is 1. The van der Waals surface area contributed by atoms with E-state index in [1.807, 2.05) is 36.4 Å². The number of para-hydroxylation sites is 1. The van der Waals surface area contributed by atoms with E-state index in [1.54, 1.807) is 44.3 Å². The van der Waals surface area contributed by atoms with Crippen LogP contribution in [-0.4, -0.2) is 27.4 Å². The third-order valence-electron chi connectivity index (χ3n) is 4.47. The van der Waals surface area contributed by atoms with E-state index in [0.29, 0.717) is 28.4 Å². The van der Waals surface area contributed by atoms with Crippen LogP contribution in [0.4, 0.5) is 5.69 Å². The summed E-state index contributed by atoms with van der Waals surface area (Å²) in [6, 6.07) is 17.8. The standard InChI is InChI=1S/C22H18N4O3/c1-15-19(21(27)26(24-15)17-8-4-3-5-9-17)14-16-7-6-10-18(13-16)29-22(28)20-11-12-23-25(20)2/h3-14H,1-2H3/b19-14+. The molecule has 0 saturated heterocycles. The third kappa shape index (κ3) is 3.70. The minimum Gasteiger partial charge on any atom is -0.422 e. The molecule has 7 nitrogen and oxygen atoms in total. The van der Waals surface area contributed by atoms with Gasteiger partial charge in [-0.2, -0.15) is 15.2 Å². The number of amides is 1. The SMILES string of the molecule is CC1=NN(c2ccccc2)C(=O)/C1=C/c1cccc(OC(=O)c2ccnn2C)c1. The zero-order chi connectivity index (χ0) is 20.4. The first-order chi connectivity index (χ1) is 14.0. The van der Waals surface area contributed by atoms with Crippen molar-refractivity contribution in [3.63, 3.8) is 0 Å². The van der Waals surface area contributed by atoms with Gasteiger partial charge in [0.25, 0.3) is 5.91 Å². The molecule has 1 amide bonds. The van der Waals surface area contributed by atoms with Crippen molar-refractivity contribution in [2.24, 2.45) is 12.1 Å². The highest BCUT2D eigenvalue weighted by molar-refractivity contribution is 6.32. The van der Waals surface area contributed by atoms with Gasteiger partial charge in [-0.05, 0) is 48.9 Å². The maximum absolute atomic E-state index is 12.8. The van der Waals surface area contributed by atoms with Crippen molar-refractivity contribution in [1.29, 1.82) is 0 Å². The number of benzene rings is 2. The fourth-order valence-corrected chi connectivity index (χ4v) is 3.00. The highest BCUT2D eigenvalue weighted by atomic mass is 16.5. The van der Waals surface area contributed by atoms with Crippen LogP contribution in [0.3, 0.4) is 0 Å². The quantitative estimate of drug-likeness (QED) is 0.391. The number of hydrogen-bond acceptors (Lipinski definition) is 5. The average Bonchev–Trinajstić information content (AvgIpc) is 3.27. The normalized spacial score (nSPS) is 15.0. The van der Waals surface area contributed by atoms with Gasteiger partial charge in [-0.3, -0.25) is 9.48 Å². The lowest BCUT2D eigenvalue weighted by atomic mass is 10.1. The molecule has 0 bridgehead atoms. The Bertz CT molecular complexity index is 1150. The van der Waals surface area contributed by atoms with Crippen LogP contribution in [0.1, 0.15) is 23.0 Å². The van der Waals surface area contributed by atoms with Gasteiger partial charge in [0.15, 0.2) is 0 Å². The summed E-state index contributed by atoms with van der Waals surface area (Å²) in [5, 5.41) is 9.72. The lowest BCUT2D eigenvalue weighted by Crippen LogP contribution is -2.21. The molecule has 0 N–H and O–H groups in total. The molecule has 2 heterocycles. The van der Waals surface area contributed by atoms with Crippen LogP contribution in [-0.2, 0) is 11.8 Å². The molecule has 3 aromatic rings. The summed E-state index contributed by atoms with van der Waals surface area (Å²) < 4.78 is 6.88. The van der Waals surface area contributed by atoms with Crippen molar-refractivity contribution in [2.75, 3.05) is 5.01 Å². The van der Waals surface area contributed by atoms with Gasteiger partial charge in [-0.1, -0.05) is 30.3 Å². The number of hydrogen-bond donors (Lipinski definition) is 0. The molecule has 1 aliphatic rings. The molecule has 144 valence electrons. The maximum Gasteiger partial charge on any atom is 0.361 e. The number of ether oxygens (including phenoxy) is 1. The number of esters is 1.